The SMILES string of the molecule is CC/C=C\C/C=C\C/C=C\C/C=C\CCCCC(=O)NC(CO)C(O)/C=C/CCCCCCCCCCCCCCCCCCCCCCCCCCCCC. The van der Waals surface area contributed by atoms with Crippen molar-refractivity contribution in [2.75, 3.05) is 6.61 Å². The summed E-state index contributed by atoms with van der Waals surface area (Å²) in [5, 5.41) is 23.0. The Labute approximate surface area is 349 Å². The van der Waals surface area contributed by atoms with Crippen molar-refractivity contribution in [1.29, 1.82) is 0 Å². The minimum absolute atomic E-state index is 0.104. The number of carbonyl (C=O) groups excluding carboxylic acids is 1. The molecule has 2 unspecified atom stereocenters. The van der Waals surface area contributed by atoms with Crippen LogP contribution in [0.3, 0.4) is 0 Å². The first-order valence-corrected chi connectivity index (χ1v) is 24.5. The lowest BCUT2D eigenvalue weighted by Gasteiger charge is -2.19. The van der Waals surface area contributed by atoms with Gasteiger partial charge in [-0.25, -0.2) is 0 Å². The maximum atomic E-state index is 12.4. The first-order chi connectivity index (χ1) is 27.7. The van der Waals surface area contributed by atoms with E-state index >= 15 is 0 Å². The number of aliphatic hydroxyl groups is 2. The number of hydrogen-bond donors (Lipinski definition) is 3. The van der Waals surface area contributed by atoms with Gasteiger partial charge >= 0.3 is 0 Å². The van der Waals surface area contributed by atoms with Gasteiger partial charge in [-0.3, -0.25) is 4.79 Å². The summed E-state index contributed by atoms with van der Waals surface area (Å²) in [4.78, 5) is 12.4. The molecule has 1 amide bonds. The van der Waals surface area contributed by atoms with Gasteiger partial charge in [-0.1, -0.05) is 242 Å². The van der Waals surface area contributed by atoms with Crippen molar-refractivity contribution in [3.05, 3.63) is 60.8 Å². The van der Waals surface area contributed by atoms with Crippen molar-refractivity contribution >= 4 is 5.91 Å². The number of allylic oxidation sites excluding steroid dienone is 9. The fraction of sp³-hybridized carbons (Fsp3) is 0.788. The molecule has 0 rings (SSSR count). The van der Waals surface area contributed by atoms with E-state index in [1.807, 2.05) is 6.08 Å². The zero-order valence-corrected chi connectivity index (χ0v) is 37.4. The molecule has 326 valence electrons. The normalized spacial score (nSPS) is 13.4. The number of nitrogens with one attached hydrogen (secondary N) is 1. The lowest BCUT2D eigenvalue weighted by molar-refractivity contribution is -0.123. The van der Waals surface area contributed by atoms with E-state index in [4.69, 9.17) is 0 Å². The second-order valence-electron chi connectivity index (χ2n) is 16.5. The predicted molar refractivity (Wildman–Crippen MR) is 248 cm³/mol. The highest BCUT2D eigenvalue weighted by Gasteiger charge is 2.17. The molecule has 0 aliphatic heterocycles. The standard InChI is InChI=1S/C52H95NO3/c1-3-5-7-9-11-13-15-17-19-20-21-22-23-24-25-26-27-28-29-30-31-32-34-35-37-39-41-43-45-47-51(55)50(49-54)53-52(56)48-46-44-42-40-38-36-33-18-16-14-12-10-8-6-4-2/h6,8,12,14,18,33,38,40,45,47,50-51,54-55H,3-5,7,9-11,13,15-17,19-32,34-37,39,41-44,46,48-49H2,1-2H3,(H,53,56)/b8-6-,14-12-,33-18-,40-38-,47-45+. The van der Waals surface area contributed by atoms with Crippen LogP contribution in [-0.2, 0) is 4.79 Å². The zero-order valence-electron chi connectivity index (χ0n) is 37.4. The van der Waals surface area contributed by atoms with Crippen molar-refractivity contribution in [2.24, 2.45) is 0 Å². The lowest BCUT2D eigenvalue weighted by Crippen LogP contribution is -2.45. The van der Waals surface area contributed by atoms with Crippen LogP contribution in [0.2, 0.25) is 0 Å². The van der Waals surface area contributed by atoms with E-state index in [0.29, 0.717) is 6.42 Å². The molecule has 0 fully saturated rings. The van der Waals surface area contributed by atoms with Crippen LogP contribution < -0.4 is 5.32 Å². The van der Waals surface area contributed by atoms with Gasteiger partial charge in [-0.05, 0) is 57.8 Å². The third-order valence-corrected chi connectivity index (χ3v) is 11.0. The monoisotopic (exact) mass is 782 g/mol. The van der Waals surface area contributed by atoms with Crippen LogP contribution in [0.15, 0.2) is 60.8 Å². The number of unbranched alkanes of at least 4 members (excludes halogenated alkanes) is 29. The molecule has 0 radical (unpaired) electrons. The predicted octanol–water partition coefficient (Wildman–Crippen LogP) is 15.7. The van der Waals surface area contributed by atoms with Crippen molar-refractivity contribution in [3.8, 4) is 0 Å². The van der Waals surface area contributed by atoms with E-state index in [2.05, 4.69) is 67.8 Å². The molecule has 0 aromatic rings. The minimum Gasteiger partial charge on any atom is -0.394 e. The molecule has 3 N–H and O–H groups in total. The summed E-state index contributed by atoms with van der Waals surface area (Å²) in [5.41, 5.74) is 0. The van der Waals surface area contributed by atoms with Gasteiger partial charge in [0.05, 0.1) is 18.8 Å². The smallest absolute Gasteiger partial charge is 0.220 e. The van der Waals surface area contributed by atoms with Crippen molar-refractivity contribution in [3.63, 3.8) is 0 Å². The molecule has 0 aromatic heterocycles. The highest BCUT2D eigenvalue weighted by Crippen LogP contribution is 2.16. The second-order valence-corrected chi connectivity index (χ2v) is 16.5. The van der Waals surface area contributed by atoms with Crippen molar-refractivity contribution < 1.29 is 15.0 Å². The zero-order chi connectivity index (χ0) is 40.7. The molecule has 0 aliphatic carbocycles. The van der Waals surface area contributed by atoms with Crippen LogP contribution in [0, 0.1) is 0 Å². The van der Waals surface area contributed by atoms with E-state index in [9.17, 15) is 15.0 Å². The number of carbonyl (C=O) groups is 1. The first kappa shape index (κ1) is 54.1. The third-order valence-electron chi connectivity index (χ3n) is 11.0. The molecule has 4 nitrogen and oxygen atoms in total. The summed E-state index contributed by atoms with van der Waals surface area (Å²) in [5.74, 6) is -0.104. The largest absolute Gasteiger partial charge is 0.394 e. The van der Waals surface area contributed by atoms with Crippen LogP contribution in [-0.4, -0.2) is 34.9 Å². The van der Waals surface area contributed by atoms with Crippen LogP contribution in [0.1, 0.15) is 245 Å². The molecule has 0 spiro atoms. The molecule has 4 heteroatoms. The highest BCUT2D eigenvalue weighted by atomic mass is 16.3. The summed E-state index contributed by atoms with van der Waals surface area (Å²) >= 11 is 0. The van der Waals surface area contributed by atoms with Crippen LogP contribution in [0.4, 0.5) is 0 Å². The third kappa shape index (κ3) is 43.2. The fourth-order valence-corrected chi connectivity index (χ4v) is 7.29. The topological polar surface area (TPSA) is 69.6 Å². The Balaban J connectivity index is 3.52. The molecule has 56 heavy (non-hydrogen) atoms. The van der Waals surface area contributed by atoms with Gasteiger partial charge in [0.15, 0.2) is 0 Å². The number of rotatable bonds is 44. The van der Waals surface area contributed by atoms with E-state index in [-0.39, 0.29) is 12.5 Å². The molecule has 0 aliphatic rings. The first-order valence-electron chi connectivity index (χ1n) is 24.5. The Morgan fingerprint density at radius 2 is 0.786 bits per heavy atom. The molecule has 0 saturated carbocycles. The van der Waals surface area contributed by atoms with E-state index in [1.165, 1.54) is 167 Å². The van der Waals surface area contributed by atoms with Crippen LogP contribution in [0.5, 0.6) is 0 Å². The number of aliphatic hydroxyl groups excluding tert-OH is 2. The van der Waals surface area contributed by atoms with Crippen molar-refractivity contribution in [1.82, 2.24) is 5.32 Å². The van der Waals surface area contributed by atoms with E-state index < -0.39 is 12.1 Å². The summed E-state index contributed by atoms with van der Waals surface area (Å²) in [7, 11) is 0. The maximum absolute atomic E-state index is 12.4. The number of amides is 1. The summed E-state index contributed by atoms with van der Waals surface area (Å²) in [6.07, 6.45) is 66.5. The van der Waals surface area contributed by atoms with E-state index in [1.54, 1.807) is 6.08 Å². The average molecular weight is 782 g/mol. The van der Waals surface area contributed by atoms with Crippen LogP contribution in [0.25, 0.3) is 0 Å². The average Bonchev–Trinajstić information content (AvgIpc) is 3.20. The lowest BCUT2D eigenvalue weighted by atomic mass is 10.0. The quantitative estimate of drug-likeness (QED) is 0.0426. The van der Waals surface area contributed by atoms with Gasteiger partial charge in [-0.15, -0.1) is 0 Å². The van der Waals surface area contributed by atoms with E-state index in [0.717, 1.165) is 57.8 Å². The van der Waals surface area contributed by atoms with Gasteiger partial charge < -0.3 is 15.5 Å². The Bertz CT molecular complexity index is 934. The molecule has 2 atom stereocenters. The Hall–Kier alpha value is -1.91. The summed E-state index contributed by atoms with van der Waals surface area (Å²) in [6.45, 7) is 4.18. The second kappa shape index (κ2) is 47.5. The van der Waals surface area contributed by atoms with Crippen molar-refractivity contribution in [2.45, 2.75) is 257 Å². The fourth-order valence-electron chi connectivity index (χ4n) is 7.29. The molecule has 0 saturated heterocycles. The summed E-state index contributed by atoms with van der Waals surface area (Å²) < 4.78 is 0. The van der Waals surface area contributed by atoms with Gasteiger partial charge in [0.2, 0.25) is 5.91 Å². The Kier molecular flexibility index (Phi) is 45.8. The highest BCUT2D eigenvalue weighted by molar-refractivity contribution is 5.76. The molecule has 0 bridgehead atoms. The molecular formula is C52H95NO3. The Morgan fingerprint density at radius 1 is 0.446 bits per heavy atom. The van der Waals surface area contributed by atoms with Gasteiger partial charge in [0.25, 0.3) is 0 Å². The summed E-state index contributed by atoms with van der Waals surface area (Å²) in [6, 6.07) is -0.646. The minimum atomic E-state index is -0.859. The maximum Gasteiger partial charge on any atom is 0.220 e. The molecule has 0 aromatic carbocycles. The molecule has 0 heterocycles. The van der Waals surface area contributed by atoms with Crippen LogP contribution >= 0.6 is 0 Å². The van der Waals surface area contributed by atoms with Gasteiger partial charge in [0.1, 0.15) is 0 Å². The van der Waals surface area contributed by atoms with Gasteiger partial charge in [-0.2, -0.15) is 0 Å². The number of hydrogen-bond acceptors (Lipinski definition) is 3. The van der Waals surface area contributed by atoms with Gasteiger partial charge in [0, 0.05) is 6.42 Å². The Morgan fingerprint density at radius 3 is 1.18 bits per heavy atom. The molecular weight excluding hydrogens is 687 g/mol.